The number of benzene rings is 1. The van der Waals surface area contributed by atoms with Gasteiger partial charge in [-0.15, -0.1) is 0 Å². The molecule has 1 unspecified atom stereocenters. The van der Waals surface area contributed by atoms with Crippen molar-refractivity contribution in [1.29, 1.82) is 0 Å². The van der Waals surface area contributed by atoms with Crippen molar-refractivity contribution >= 4 is 11.7 Å². The van der Waals surface area contributed by atoms with Crippen LogP contribution in [0, 0.1) is 0 Å². The predicted octanol–water partition coefficient (Wildman–Crippen LogP) is 2.96. The molecule has 20 heavy (non-hydrogen) atoms. The van der Waals surface area contributed by atoms with E-state index in [0.29, 0.717) is 11.3 Å². The van der Waals surface area contributed by atoms with Crippen LogP contribution in [0.2, 0.25) is 0 Å². The van der Waals surface area contributed by atoms with Gasteiger partial charge >= 0.3 is 5.97 Å². The number of nitrogens with one attached hydrogen (secondary N) is 1. The summed E-state index contributed by atoms with van der Waals surface area (Å²) in [4.78, 5) is 16.0. The van der Waals surface area contributed by atoms with Crippen molar-refractivity contribution in [3.05, 3.63) is 72.6 Å². The molecule has 0 spiro atoms. The standard InChI is InChI=1S/C16H16N2O2/c1-12(16(19)20-2)15(14-10-6-7-11-17-14)18-13-8-4-3-5-9-13/h3-11,15,18H,1H2,2H3. The number of nitrogens with zero attached hydrogens (tertiary/aromatic N) is 1. The molecule has 0 amide bonds. The largest absolute Gasteiger partial charge is 0.466 e. The molecule has 0 saturated carbocycles. The number of aromatic nitrogens is 1. The van der Waals surface area contributed by atoms with E-state index in [4.69, 9.17) is 4.74 Å². The Labute approximate surface area is 118 Å². The molecular weight excluding hydrogens is 252 g/mol. The molecule has 102 valence electrons. The van der Waals surface area contributed by atoms with Gasteiger partial charge in [0.25, 0.3) is 0 Å². The molecule has 0 radical (unpaired) electrons. The summed E-state index contributed by atoms with van der Waals surface area (Å²) in [5.41, 5.74) is 1.91. The Bertz CT molecular complexity index is 582. The molecule has 1 heterocycles. The number of anilines is 1. The Kier molecular flexibility index (Phi) is 4.50. The average molecular weight is 268 g/mol. The lowest BCUT2D eigenvalue weighted by Crippen LogP contribution is -2.20. The molecule has 4 nitrogen and oxygen atoms in total. The highest BCUT2D eigenvalue weighted by Gasteiger charge is 2.22. The number of hydrogen-bond donors (Lipinski definition) is 1. The first kappa shape index (κ1) is 13.8. The number of methoxy groups -OCH3 is 1. The van der Waals surface area contributed by atoms with E-state index in [2.05, 4.69) is 16.9 Å². The highest BCUT2D eigenvalue weighted by atomic mass is 16.5. The third-order valence-corrected chi connectivity index (χ3v) is 2.86. The maximum atomic E-state index is 11.7. The predicted molar refractivity (Wildman–Crippen MR) is 78.2 cm³/mol. The van der Waals surface area contributed by atoms with Gasteiger partial charge in [-0.1, -0.05) is 30.8 Å². The fraction of sp³-hybridized carbons (Fsp3) is 0.125. The van der Waals surface area contributed by atoms with E-state index in [1.54, 1.807) is 6.20 Å². The minimum atomic E-state index is -0.455. The van der Waals surface area contributed by atoms with Crippen LogP contribution in [0.1, 0.15) is 11.7 Å². The molecule has 0 fully saturated rings. The van der Waals surface area contributed by atoms with E-state index in [0.717, 1.165) is 5.69 Å². The molecule has 4 heteroatoms. The van der Waals surface area contributed by atoms with Crippen LogP contribution in [0.3, 0.4) is 0 Å². The van der Waals surface area contributed by atoms with Crippen molar-refractivity contribution in [2.75, 3.05) is 12.4 Å². The highest BCUT2D eigenvalue weighted by molar-refractivity contribution is 5.89. The first-order chi connectivity index (χ1) is 9.72. The van der Waals surface area contributed by atoms with Crippen LogP contribution in [0.4, 0.5) is 5.69 Å². The van der Waals surface area contributed by atoms with Gasteiger partial charge in [-0.25, -0.2) is 4.79 Å². The molecule has 1 aromatic carbocycles. The first-order valence-electron chi connectivity index (χ1n) is 6.22. The van der Waals surface area contributed by atoms with E-state index >= 15 is 0 Å². The third-order valence-electron chi connectivity index (χ3n) is 2.86. The van der Waals surface area contributed by atoms with Crippen molar-refractivity contribution < 1.29 is 9.53 Å². The molecule has 1 aromatic heterocycles. The second-order valence-electron chi connectivity index (χ2n) is 4.21. The van der Waals surface area contributed by atoms with Gasteiger partial charge in [0.1, 0.15) is 6.04 Å². The Morgan fingerprint density at radius 2 is 1.90 bits per heavy atom. The van der Waals surface area contributed by atoms with E-state index < -0.39 is 12.0 Å². The Morgan fingerprint density at radius 1 is 1.20 bits per heavy atom. The van der Waals surface area contributed by atoms with Gasteiger partial charge < -0.3 is 10.1 Å². The molecule has 2 aromatic rings. The summed E-state index contributed by atoms with van der Waals surface area (Å²) in [5.74, 6) is -0.455. The number of rotatable bonds is 5. The van der Waals surface area contributed by atoms with E-state index in [1.165, 1.54) is 7.11 Å². The average Bonchev–Trinajstić information content (AvgIpc) is 2.53. The van der Waals surface area contributed by atoms with Crippen LogP contribution in [0.25, 0.3) is 0 Å². The Balaban J connectivity index is 2.30. The Hall–Kier alpha value is -2.62. The normalized spacial score (nSPS) is 11.4. The van der Waals surface area contributed by atoms with Gasteiger partial charge in [0.2, 0.25) is 0 Å². The van der Waals surface area contributed by atoms with Crippen molar-refractivity contribution in [2.45, 2.75) is 6.04 Å². The SMILES string of the molecule is C=C(C(=O)OC)C(Nc1ccccc1)c1ccccn1. The second-order valence-corrected chi connectivity index (χ2v) is 4.21. The van der Waals surface area contributed by atoms with Crippen molar-refractivity contribution in [3.63, 3.8) is 0 Å². The number of ether oxygens (including phenoxy) is 1. The zero-order valence-electron chi connectivity index (χ0n) is 11.2. The van der Waals surface area contributed by atoms with Crippen LogP contribution in [0.5, 0.6) is 0 Å². The molecule has 2 rings (SSSR count). The van der Waals surface area contributed by atoms with Gasteiger partial charge in [-0.2, -0.15) is 0 Å². The van der Waals surface area contributed by atoms with Gasteiger partial charge in [-0.3, -0.25) is 4.98 Å². The topological polar surface area (TPSA) is 51.2 Å². The maximum Gasteiger partial charge on any atom is 0.335 e. The van der Waals surface area contributed by atoms with Crippen LogP contribution in [0.15, 0.2) is 66.9 Å². The Morgan fingerprint density at radius 3 is 2.50 bits per heavy atom. The summed E-state index contributed by atoms with van der Waals surface area (Å²) in [7, 11) is 1.34. The van der Waals surface area contributed by atoms with Gasteiger partial charge in [-0.05, 0) is 24.3 Å². The van der Waals surface area contributed by atoms with Gasteiger partial charge in [0.05, 0.1) is 18.4 Å². The summed E-state index contributed by atoms with van der Waals surface area (Å²) in [5, 5.41) is 3.25. The molecule has 0 bridgehead atoms. The summed E-state index contributed by atoms with van der Waals surface area (Å²) in [6, 6.07) is 14.7. The van der Waals surface area contributed by atoms with Crippen molar-refractivity contribution in [1.82, 2.24) is 4.98 Å². The summed E-state index contributed by atoms with van der Waals surface area (Å²) in [6.07, 6.45) is 1.68. The smallest absolute Gasteiger partial charge is 0.335 e. The number of carbonyl (C=O) groups is 1. The monoisotopic (exact) mass is 268 g/mol. The minimum Gasteiger partial charge on any atom is -0.466 e. The zero-order chi connectivity index (χ0) is 14.4. The minimum absolute atomic E-state index is 0.315. The zero-order valence-corrected chi connectivity index (χ0v) is 11.2. The van der Waals surface area contributed by atoms with Gasteiger partial charge in [0.15, 0.2) is 0 Å². The number of carbonyl (C=O) groups excluding carboxylic acids is 1. The molecule has 0 saturated heterocycles. The fourth-order valence-electron chi connectivity index (χ4n) is 1.84. The molecule has 1 atom stereocenters. The van der Waals surface area contributed by atoms with Gasteiger partial charge in [0, 0.05) is 11.9 Å². The molecule has 0 aliphatic heterocycles. The van der Waals surface area contributed by atoms with E-state index in [9.17, 15) is 4.79 Å². The highest BCUT2D eigenvalue weighted by Crippen LogP contribution is 2.24. The van der Waals surface area contributed by atoms with Crippen molar-refractivity contribution in [3.8, 4) is 0 Å². The summed E-state index contributed by atoms with van der Waals surface area (Å²) >= 11 is 0. The van der Waals surface area contributed by atoms with Crippen LogP contribution < -0.4 is 5.32 Å². The van der Waals surface area contributed by atoms with Crippen LogP contribution in [-0.2, 0) is 9.53 Å². The number of esters is 1. The summed E-state index contributed by atoms with van der Waals surface area (Å²) < 4.78 is 4.75. The lowest BCUT2D eigenvalue weighted by atomic mass is 10.0. The quantitative estimate of drug-likeness (QED) is 0.669. The fourth-order valence-corrected chi connectivity index (χ4v) is 1.84. The number of para-hydroxylation sites is 1. The third kappa shape index (κ3) is 3.23. The molecule has 0 aliphatic rings. The summed E-state index contributed by atoms with van der Waals surface area (Å²) in [6.45, 7) is 3.82. The lowest BCUT2D eigenvalue weighted by molar-refractivity contribution is -0.136. The van der Waals surface area contributed by atoms with Crippen molar-refractivity contribution in [2.24, 2.45) is 0 Å². The number of pyridine rings is 1. The second kappa shape index (κ2) is 6.52. The lowest BCUT2D eigenvalue weighted by Gasteiger charge is -2.20. The molecular formula is C16H16N2O2. The molecule has 1 N–H and O–H groups in total. The first-order valence-corrected chi connectivity index (χ1v) is 6.22. The molecule has 0 aliphatic carbocycles. The van der Waals surface area contributed by atoms with Crippen LogP contribution >= 0.6 is 0 Å². The van der Waals surface area contributed by atoms with E-state index in [1.807, 2.05) is 48.5 Å². The number of hydrogen-bond acceptors (Lipinski definition) is 4. The van der Waals surface area contributed by atoms with E-state index in [-0.39, 0.29) is 0 Å². The van der Waals surface area contributed by atoms with Crippen LogP contribution in [-0.4, -0.2) is 18.1 Å². The maximum absolute atomic E-state index is 11.7.